The average Bonchev–Trinajstić information content (AvgIpc) is 2.53. The Balaban J connectivity index is 2.91. The van der Waals surface area contributed by atoms with Crippen molar-refractivity contribution in [3.63, 3.8) is 0 Å². The van der Waals surface area contributed by atoms with Crippen LogP contribution in [0.15, 0.2) is 24.4 Å². The molecule has 82 valence electrons. The van der Waals surface area contributed by atoms with Crippen molar-refractivity contribution in [2.24, 2.45) is 0 Å². The normalized spacial score (nSPS) is 11.7. The largest absolute Gasteiger partial charge is 0.317 e. The first-order valence-corrected chi connectivity index (χ1v) is 5.53. The summed E-state index contributed by atoms with van der Waals surface area (Å²) in [5, 5.41) is 9.97. The number of hydrogen-bond donors (Lipinski definition) is 0. The Hall–Kier alpha value is -1.46. The lowest BCUT2D eigenvalue weighted by Gasteiger charge is -2.17. The van der Waals surface area contributed by atoms with E-state index in [9.17, 15) is 5.26 Å². The summed E-state index contributed by atoms with van der Waals surface area (Å²) in [6.45, 7) is 5.78. The maximum Gasteiger partial charge on any atom is 0.0924 e. The summed E-state index contributed by atoms with van der Waals surface area (Å²) in [4.78, 5) is 0. The number of aromatic nitrogens is 1. The number of fused-ring (bicyclic) bond motifs is 1. The Morgan fingerprint density at radius 3 is 2.69 bits per heavy atom. The second-order valence-corrected chi connectivity index (χ2v) is 4.86. The predicted molar refractivity (Wildman–Crippen MR) is 65.8 cm³/mol. The van der Waals surface area contributed by atoms with Gasteiger partial charge in [0.15, 0.2) is 0 Å². The lowest BCUT2D eigenvalue weighted by Crippen LogP contribution is -2.17. The summed E-state index contributed by atoms with van der Waals surface area (Å²) in [7, 11) is 0. The van der Waals surface area contributed by atoms with Crippen LogP contribution in [0, 0.1) is 18.3 Å². The molecule has 0 aromatic carbocycles. The fourth-order valence-corrected chi connectivity index (χ4v) is 2.36. The van der Waals surface area contributed by atoms with Crippen LogP contribution in [0.1, 0.15) is 25.1 Å². The van der Waals surface area contributed by atoms with Gasteiger partial charge in [-0.05, 0) is 38.5 Å². The monoisotopic (exact) mass is 232 g/mol. The van der Waals surface area contributed by atoms with Crippen molar-refractivity contribution in [1.82, 2.24) is 4.40 Å². The van der Waals surface area contributed by atoms with Crippen LogP contribution < -0.4 is 0 Å². The van der Waals surface area contributed by atoms with Crippen molar-refractivity contribution in [3.8, 4) is 6.07 Å². The standard InChI is InChI=1S/C13H13ClN2/c1-9-11(14)10-6-4-5-7-16(10)12(9)13(2,3)8-15/h4-7H,1-3H3. The third kappa shape index (κ3) is 1.40. The third-order valence-corrected chi connectivity index (χ3v) is 3.36. The molecule has 0 saturated heterocycles. The summed E-state index contributed by atoms with van der Waals surface area (Å²) in [6.07, 6.45) is 1.95. The minimum Gasteiger partial charge on any atom is -0.317 e. The van der Waals surface area contributed by atoms with E-state index in [2.05, 4.69) is 6.07 Å². The van der Waals surface area contributed by atoms with Gasteiger partial charge in [-0.2, -0.15) is 5.26 Å². The lowest BCUT2D eigenvalue weighted by atomic mass is 9.89. The topological polar surface area (TPSA) is 28.2 Å². The Labute approximate surface area is 100 Å². The lowest BCUT2D eigenvalue weighted by molar-refractivity contribution is 0.647. The van der Waals surface area contributed by atoms with Crippen molar-refractivity contribution in [2.75, 3.05) is 0 Å². The number of rotatable bonds is 1. The van der Waals surface area contributed by atoms with Crippen molar-refractivity contribution in [1.29, 1.82) is 5.26 Å². The van der Waals surface area contributed by atoms with Crippen LogP contribution in [0.4, 0.5) is 0 Å². The molecule has 0 bridgehead atoms. The molecule has 0 aliphatic carbocycles. The van der Waals surface area contributed by atoms with Crippen LogP contribution in [0.25, 0.3) is 5.52 Å². The minimum absolute atomic E-state index is 0.540. The van der Waals surface area contributed by atoms with Crippen LogP contribution in [-0.4, -0.2) is 4.40 Å². The molecule has 2 rings (SSSR count). The van der Waals surface area contributed by atoms with E-state index in [0.717, 1.165) is 21.8 Å². The molecule has 0 aliphatic rings. The molecule has 0 amide bonds. The zero-order valence-electron chi connectivity index (χ0n) is 9.58. The fraction of sp³-hybridized carbons (Fsp3) is 0.308. The highest BCUT2D eigenvalue weighted by atomic mass is 35.5. The molecule has 2 nitrogen and oxygen atoms in total. The summed E-state index contributed by atoms with van der Waals surface area (Å²) in [5.74, 6) is 0. The van der Waals surface area contributed by atoms with Crippen LogP contribution in [0.3, 0.4) is 0 Å². The SMILES string of the molecule is Cc1c(Cl)c2ccccn2c1C(C)(C)C#N. The third-order valence-electron chi connectivity index (χ3n) is 2.88. The van der Waals surface area contributed by atoms with Crippen molar-refractivity contribution < 1.29 is 0 Å². The van der Waals surface area contributed by atoms with Crippen LogP contribution >= 0.6 is 11.6 Å². The molecule has 2 aromatic heterocycles. The van der Waals surface area contributed by atoms with E-state index < -0.39 is 5.41 Å². The van der Waals surface area contributed by atoms with Gasteiger partial charge in [0.1, 0.15) is 0 Å². The molecule has 0 saturated carbocycles. The molecule has 2 heterocycles. The summed E-state index contributed by atoms with van der Waals surface area (Å²) < 4.78 is 2.00. The zero-order valence-corrected chi connectivity index (χ0v) is 10.3. The van der Waals surface area contributed by atoms with Gasteiger partial charge in [-0.1, -0.05) is 17.7 Å². The maximum absolute atomic E-state index is 9.23. The maximum atomic E-state index is 9.23. The Morgan fingerprint density at radius 1 is 1.38 bits per heavy atom. The molecule has 2 aromatic rings. The Morgan fingerprint density at radius 2 is 2.06 bits per heavy atom. The average molecular weight is 233 g/mol. The van der Waals surface area contributed by atoms with Gasteiger partial charge >= 0.3 is 0 Å². The van der Waals surface area contributed by atoms with Gasteiger partial charge in [-0.25, -0.2) is 0 Å². The summed E-state index contributed by atoms with van der Waals surface area (Å²) in [5.41, 5.74) is 2.37. The second kappa shape index (κ2) is 3.54. The van der Waals surface area contributed by atoms with E-state index in [1.807, 2.05) is 49.6 Å². The smallest absolute Gasteiger partial charge is 0.0924 e. The van der Waals surface area contributed by atoms with E-state index in [1.54, 1.807) is 0 Å². The van der Waals surface area contributed by atoms with Gasteiger partial charge in [0.05, 0.1) is 22.0 Å². The van der Waals surface area contributed by atoms with Gasteiger partial charge in [0.2, 0.25) is 0 Å². The van der Waals surface area contributed by atoms with Gasteiger partial charge in [-0.3, -0.25) is 0 Å². The Kier molecular flexibility index (Phi) is 2.44. The molecule has 16 heavy (non-hydrogen) atoms. The number of nitriles is 1. The van der Waals surface area contributed by atoms with E-state index in [-0.39, 0.29) is 0 Å². The van der Waals surface area contributed by atoms with E-state index >= 15 is 0 Å². The van der Waals surface area contributed by atoms with E-state index in [4.69, 9.17) is 11.6 Å². The molecular weight excluding hydrogens is 220 g/mol. The van der Waals surface area contributed by atoms with Gasteiger partial charge in [-0.15, -0.1) is 0 Å². The quantitative estimate of drug-likeness (QED) is 0.737. The molecule has 3 heteroatoms. The highest BCUT2D eigenvalue weighted by Gasteiger charge is 2.27. The number of nitrogens with zero attached hydrogens (tertiary/aromatic N) is 2. The molecule has 0 spiro atoms. The van der Waals surface area contributed by atoms with E-state index in [1.165, 1.54) is 0 Å². The van der Waals surface area contributed by atoms with Gasteiger partial charge in [0.25, 0.3) is 0 Å². The van der Waals surface area contributed by atoms with Gasteiger partial charge in [0, 0.05) is 11.9 Å². The predicted octanol–water partition coefficient (Wildman–Crippen LogP) is 3.70. The van der Waals surface area contributed by atoms with Crippen molar-refractivity contribution in [2.45, 2.75) is 26.2 Å². The number of pyridine rings is 1. The summed E-state index contributed by atoms with van der Waals surface area (Å²) in [6, 6.07) is 8.18. The van der Waals surface area contributed by atoms with E-state index in [0.29, 0.717) is 0 Å². The molecule has 0 N–H and O–H groups in total. The molecule has 0 unspecified atom stereocenters. The highest BCUT2D eigenvalue weighted by molar-refractivity contribution is 6.35. The van der Waals surface area contributed by atoms with Crippen LogP contribution in [-0.2, 0) is 5.41 Å². The first kappa shape index (κ1) is 11.0. The Bertz CT molecular complexity index is 588. The van der Waals surface area contributed by atoms with Crippen molar-refractivity contribution >= 4 is 17.1 Å². The summed E-state index contributed by atoms with van der Waals surface area (Å²) >= 11 is 6.28. The minimum atomic E-state index is -0.540. The van der Waals surface area contributed by atoms with Gasteiger partial charge < -0.3 is 4.40 Å². The molecule has 0 radical (unpaired) electrons. The number of halogens is 1. The molecular formula is C13H13ClN2. The van der Waals surface area contributed by atoms with Crippen LogP contribution in [0.2, 0.25) is 5.02 Å². The zero-order chi connectivity index (χ0) is 11.9. The first-order chi connectivity index (χ1) is 7.49. The number of hydrogen-bond acceptors (Lipinski definition) is 1. The van der Waals surface area contributed by atoms with Crippen molar-refractivity contribution in [3.05, 3.63) is 40.7 Å². The first-order valence-electron chi connectivity index (χ1n) is 5.16. The molecule has 0 atom stereocenters. The fourth-order valence-electron chi connectivity index (χ4n) is 2.12. The molecule has 0 aliphatic heterocycles. The second-order valence-electron chi connectivity index (χ2n) is 4.48. The highest BCUT2D eigenvalue weighted by Crippen LogP contribution is 2.34. The molecule has 0 fully saturated rings. The van der Waals surface area contributed by atoms with Crippen LogP contribution in [0.5, 0.6) is 0 Å².